The maximum atomic E-state index is 5.93. The highest BCUT2D eigenvalue weighted by atomic mass is 35.5. The SMILES string of the molecule is S=c1scc(-c2ccccc2)n1Cc1ccc(Cl)cc1. The Kier molecular flexibility index (Phi) is 4.01. The standard InChI is InChI=1S/C16H12ClNS2/c17-14-8-6-12(7-9-14)10-18-15(11-20-16(18)19)13-4-2-1-3-5-13/h1-9,11H,10H2. The Morgan fingerprint density at radius 1 is 1.00 bits per heavy atom. The Bertz CT molecular complexity index is 757. The van der Waals surface area contributed by atoms with Crippen LogP contribution in [-0.2, 0) is 6.54 Å². The minimum Gasteiger partial charge on any atom is -0.318 e. The van der Waals surface area contributed by atoms with Crippen LogP contribution < -0.4 is 0 Å². The van der Waals surface area contributed by atoms with Crippen molar-refractivity contribution < 1.29 is 0 Å². The Morgan fingerprint density at radius 2 is 1.70 bits per heavy atom. The summed E-state index contributed by atoms with van der Waals surface area (Å²) in [7, 11) is 0. The molecule has 1 aromatic heterocycles. The molecule has 0 bridgehead atoms. The van der Waals surface area contributed by atoms with Crippen molar-refractivity contribution >= 4 is 35.2 Å². The summed E-state index contributed by atoms with van der Waals surface area (Å²) < 4.78 is 3.05. The summed E-state index contributed by atoms with van der Waals surface area (Å²) >= 11 is 13.0. The molecule has 2 aromatic carbocycles. The zero-order chi connectivity index (χ0) is 13.9. The third kappa shape index (κ3) is 2.85. The quantitative estimate of drug-likeness (QED) is 0.565. The van der Waals surface area contributed by atoms with Crippen LogP contribution in [0.2, 0.25) is 5.02 Å². The van der Waals surface area contributed by atoms with E-state index in [-0.39, 0.29) is 0 Å². The van der Waals surface area contributed by atoms with Crippen molar-refractivity contribution in [2.45, 2.75) is 6.54 Å². The highest BCUT2D eigenvalue weighted by Crippen LogP contribution is 2.25. The lowest BCUT2D eigenvalue weighted by molar-refractivity contribution is 0.809. The molecule has 3 aromatic rings. The summed E-state index contributed by atoms with van der Waals surface area (Å²) in [4.78, 5) is 0. The van der Waals surface area contributed by atoms with Gasteiger partial charge >= 0.3 is 0 Å². The topological polar surface area (TPSA) is 4.93 Å². The molecule has 0 saturated heterocycles. The summed E-state index contributed by atoms with van der Waals surface area (Å²) in [5.74, 6) is 0. The Labute approximate surface area is 132 Å². The predicted molar refractivity (Wildman–Crippen MR) is 89.1 cm³/mol. The van der Waals surface area contributed by atoms with Gasteiger partial charge in [-0.1, -0.05) is 54.1 Å². The first-order valence-corrected chi connectivity index (χ1v) is 7.89. The van der Waals surface area contributed by atoms with Crippen molar-refractivity contribution in [3.8, 4) is 11.3 Å². The van der Waals surface area contributed by atoms with Gasteiger partial charge in [0.2, 0.25) is 0 Å². The molecule has 0 saturated carbocycles. The highest BCUT2D eigenvalue weighted by molar-refractivity contribution is 7.73. The second-order valence-electron chi connectivity index (χ2n) is 4.47. The largest absolute Gasteiger partial charge is 0.318 e. The number of nitrogens with zero attached hydrogens (tertiary/aromatic N) is 1. The lowest BCUT2D eigenvalue weighted by Gasteiger charge is -2.09. The normalized spacial score (nSPS) is 10.7. The zero-order valence-electron chi connectivity index (χ0n) is 10.6. The van der Waals surface area contributed by atoms with Crippen molar-refractivity contribution in [3.05, 3.63) is 74.5 Å². The Hall–Kier alpha value is -1.42. The van der Waals surface area contributed by atoms with E-state index in [1.54, 1.807) is 11.3 Å². The lowest BCUT2D eigenvalue weighted by Crippen LogP contribution is -2.01. The second-order valence-corrected chi connectivity index (χ2v) is 6.41. The van der Waals surface area contributed by atoms with Crippen molar-refractivity contribution in [1.29, 1.82) is 0 Å². The average Bonchev–Trinajstić information content (AvgIpc) is 2.84. The van der Waals surface area contributed by atoms with E-state index in [1.165, 1.54) is 11.1 Å². The minimum atomic E-state index is 0.756. The third-order valence-corrected chi connectivity index (χ3v) is 4.63. The maximum Gasteiger partial charge on any atom is 0.161 e. The van der Waals surface area contributed by atoms with E-state index in [9.17, 15) is 0 Å². The second kappa shape index (κ2) is 5.92. The number of benzene rings is 2. The van der Waals surface area contributed by atoms with Gasteiger partial charge in [-0.15, -0.1) is 11.3 Å². The molecule has 3 rings (SSSR count). The third-order valence-electron chi connectivity index (χ3n) is 3.11. The fourth-order valence-corrected chi connectivity index (χ4v) is 3.29. The molecule has 0 aliphatic carbocycles. The molecule has 0 atom stereocenters. The van der Waals surface area contributed by atoms with Crippen molar-refractivity contribution in [2.24, 2.45) is 0 Å². The van der Waals surface area contributed by atoms with Gasteiger partial charge in [0.15, 0.2) is 3.95 Å². The first kappa shape index (κ1) is 13.6. The zero-order valence-corrected chi connectivity index (χ0v) is 13.0. The van der Waals surface area contributed by atoms with Crippen molar-refractivity contribution in [3.63, 3.8) is 0 Å². The average molecular weight is 318 g/mol. The van der Waals surface area contributed by atoms with Gasteiger partial charge in [-0.2, -0.15) is 0 Å². The smallest absolute Gasteiger partial charge is 0.161 e. The first-order valence-electron chi connectivity index (χ1n) is 6.22. The molecule has 0 radical (unpaired) electrons. The lowest BCUT2D eigenvalue weighted by atomic mass is 10.1. The molecule has 0 amide bonds. The van der Waals surface area contributed by atoms with Gasteiger partial charge in [-0.25, -0.2) is 0 Å². The molecule has 1 nitrogen and oxygen atoms in total. The molecular formula is C16H12ClNS2. The summed E-state index contributed by atoms with van der Waals surface area (Å²) in [6.45, 7) is 0.768. The number of hydrogen-bond acceptors (Lipinski definition) is 2. The molecular weight excluding hydrogens is 306 g/mol. The van der Waals surface area contributed by atoms with Crippen LogP contribution in [0.4, 0.5) is 0 Å². The van der Waals surface area contributed by atoms with E-state index in [4.69, 9.17) is 23.8 Å². The van der Waals surface area contributed by atoms with E-state index in [2.05, 4.69) is 22.1 Å². The first-order chi connectivity index (χ1) is 9.74. The summed E-state index contributed by atoms with van der Waals surface area (Å²) in [5.41, 5.74) is 3.55. The van der Waals surface area contributed by atoms with Gasteiger partial charge in [0.05, 0.1) is 5.69 Å². The molecule has 0 aliphatic rings. The number of aromatic nitrogens is 1. The molecule has 0 aliphatic heterocycles. The van der Waals surface area contributed by atoms with Crippen LogP contribution >= 0.6 is 35.2 Å². The molecule has 20 heavy (non-hydrogen) atoms. The van der Waals surface area contributed by atoms with Crippen molar-refractivity contribution in [1.82, 2.24) is 4.57 Å². The highest BCUT2D eigenvalue weighted by Gasteiger charge is 2.07. The van der Waals surface area contributed by atoms with E-state index in [0.717, 1.165) is 21.2 Å². The fraction of sp³-hybridized carbons (Fsp3) is 0.0625. The van der Waals surface area contributed by atoms with E-state index in [0.29, 0.717) is 0 Å². The van der Waals surface area contributed by atoms with E-state index >= 15 is 0 Å². The van der Waals surface area contributed by atoms with Gasteiger partial charge in [-0.3, -0.25) is 0 Å². The molecule has 0 unspecified atom stereocenters. The number of rotatable bonds is 3. The molecule has 0 fully saturated rings. The van der Waals surface area contributed by atoms with Crippen LogP contribution in [0.5, 0.6) is 0 Å². The number of hydrogen-bond donors (Lipinski definition) is 0. The van der Waals surface area contributed by atoms with Gasteiger partial charge < -0.3 is 4.57 Å². The van der Waals surface area contributed by atoms with Gasteiger partial charge in [0.1, 0.15) is 0 Å². The Morgan fingerprint density at radius 3 is 2.40 bits per heavy atom. The minimum absolute atomic E-state index is 0.756. The van der Waals surface area contributed by atoms with Crippen LogP contribution in [0.25, 0.3) is 11.3 Å². The van der Waals surface area contributed by atoms with E-state index in [1.807, 2.05) is 42.5 Å². The maximum absolute atomic E-state index is 5.93. The molecule has 0 spiro atoms. The van der Waals surface area contributed by atoms with Gasteiger partial charge in [0.25, 0.3) is 0 Å². The van der Waals surface area contributed by atoms with Crippen LogP contribution in [0.3, 0.4) is 0 Å². The number of thiazole rings is 1. The van der Waals surface area contributed by atoms with E-state index < -0.39 is 0 Å². The van der Waals surface area contributed by atoms with Gasteiger partial charge in [0, 0.05) is 16.9 Å². The summed E-state index contributed by atoms with van der Waals surface area (Å²) in [5, 5.41) is 2.87. The summed E-state index contributed by atoms with van der Waals surface area (Å²) in [6.07, 6.45) is 0. The van der Waals surface area contributed by atoms with Crippen molar-refractivity contribution in [2.75, 3.05) is 0 Å². The monoisotopic (exact) mass is 317 g/mol. The van der Waals surface area contributed by atoms with Gasteiger partial charge in [-0.05, 0) is 35.5 Å². The summed E-state index contributed by atoms with van der Waals surface area (Å²) in [6, 6.07) is 18.2. The van der Waals surface area contributed by atoms with Crippen LogP contribution in [0.1, 0.15) is 5.56 Å². The predicted octanol–water partition coefficient (Wildman–Crippen LogP) is 5.65. The Balaban J connectivity index is 2.00. The fourth-order valence-electron chi connectivity index (χ4n) is 2.09. The molecule has 4 heteroatoms. The van der Waals surface area contributed by atoms with Crippen LogP contribution in [0.15, 0.2) is 60.0 Å². The molecule has 1 heterocycles. The molecule has 100 valence electrons. The number of halogens is 1. The van der Waals surface area contributed by atoms with Crippen LogP contribution in [0, 0.1) is 3.95 Å². The molecule has 0 N–H and O–H groups in total. The van der Waals surface area contributed by atoms with Crippen LogP contribution in [-0.4, -0.2) is 4.57 Å².